The molecule has 1 fully saturated rings. The van der Waals surface area contributed by atoms with Gasteiger partial charge in [-0.3, -0.25) is 10.1 Å². The largest absolute Gasteiger partial charge is 0.493 e. The number of benzene rings is 2. The molecule has 1 aliphatic heterocycles. The van der Waals surface area contributed by atoms with Crippen LogP contribution in [0.25, 0.3) is 0 Å². The molecule has 3 rings (SSSR count). The Labute approximate surface area is 181 Å². The molecule has 0 aromatic heterocycles. The lowest BCUT2D eigenvalue weighted by Crippen LogP contribution is -2.39. The second kappa shape index (κ2) is 11.2. The zero-order chi connectivity index (χ0) is 22.1. The topological polar surface area (TPSA) is 107 Å². The van der Waals surface area contributed by atoms with Gasteiger partial charge < -0.3 is 24.8 Å². The van der Waals surface area contributed by atoms with Crippen molar-refractivity contribution in [2.24, 2.45) is 10.9 Å². The number of nitro benzene ring substituents is 1. The summed E-state index contributed by atoms with van der Waals surface area (Å²) in [6.45, 7) is 3.26. The molecule has 0 amide bonds. The zero-order valence-corrected chi connectivity index (χ0v) is 17.8. The first-order valence-corrected chi connectivity index (χ1v) is 10.1. The summed E-state index contributed by atoms with van der Waals surface area (Å²) in [5, 5.41) is 17.5. The van der Waals surface area contributed by atoms with Crippen LogP contribution in [0, 0.1) is 16.0 Å². The predicted octanol–water partition coefficient (Wildman–Crippen LogP) is 2.88. The molecule has 1 saturated heterocycles. The fourth-order valence-electron chi connectivity index (χ4n) is 3.23. The Morgan fingerprint density at radius 3 is 2.52 bits per heavy atom. The van der Waals surface area contributed by atoms with Gasteiger partial charge in [0.2, 0.25) is 0 Å². The van der Waals surface area contributed by atoms with E-state index >= 15 is 0 Å². The van der Waals surface area contributed by atoms with Gasteiger partial charge in [-0.15, -0.1) is 0 Å². The summed E-state index contributed by atoms with van der Waals surface area (Å²) in [4.78, 5) is 15.1. The Bertz CT molecular complexity index is 895. The van der Waals surface area contributed by atoms with Gasteiger partial charge in [0.05, 0.1) is 32.3 Å². The maximum absolute atomic E-state index is 10.8. The van der Waals surface area contributed by atoms with Crippen LogP contribution in [-0.2, 0) is 17.8 Å². The van der Waals surface area contributed by atoms with Gasteiger partial charge in [-0.25, -0.2) is 4.99 Å². The normalized spacial score (nSPS) is 16.1. The number of aliphatic imine (C=N–C) groups is 1. The summed E-state index contributed by atoms with van der Waals surface area (Å²) in [7, 11) is 3.21. The maximum Gasteiger partial charge on any atom is 0.269 e. The zero-order valence-electron chi connectivity index (χ0n) is 17.8. The van der Waals surface area contributed by atoms with E-state index in [0.29, 0.717) is 36.5 Å². The summed E-state index contributed by atoms with van der Waals surface area (Å²) in [6.07, 6.45) is 1.03. The Balaban J connectivity index is 1.66. The lowest BCUT2D eigenvalue weighted by Gasteiger charge is -2.15. The smallest absolute Gasteiger partial charge is 0.269 e. The van der Waals surface area contributed by atoms with Gasteiger partial charge in [0.15, 0.2) is 17.5 Å². The number of nitrogens with zero attached hydrogens (tertiary/aromatic N) is 2. The third-order valence-corrected chi connectivity index (χ3v) is 5.06. The van der Waals surface area contributed by atoms with E-state index in [9.17, 15) is 10.1 Å². The van der Waals surface area contributed by atoms with E-state index in [1.54, 1.807) is 26.4 Å². The number of nitrogens with one attached hydrogen (secondary N) is 2. The number of non-ortho nitro benzene ring substituents is 1. The Hall–Kier alpha value is -3.33. The van der Waals surface area contributed by atoms with E-state index in [4.69, 9.17) is 19.2 Å². The van der Waals surface area contributed by atoms with Crippen molar-refractivity contribution >= 4 is 11.6 Å². The minimum absolute atomic E-state index is 0.0745. The van der Waals surface area contributed by atoms with Crippen LogP contribution in [0.2, 0.25) is 0 Å². The molecule has 0 radical (unpaired) electrons. The fourth-order valence-corrected chi connectivity index (χ4v) is 3.23. The van der Waals surface area contributed by atoms with E-state index < -0.39 is 4.92 Å². The van der Waals surface area contributed by atoms with Crippen LogP contribution in [0.15, 0.2) is 47.5 Å². The first-order valence-electron chi connectivity index (χ1n) is 10.1. The quantitative estimate of drug-likeness (QED) is 0.274. The van der Waals surface area contributed by atoms with Crippen LogP contribution < -0.4 is 20.1 Å². The second-order valence-electron chi connectivity index (χ2n) is 7.24. The van der Waals surface area contributed by atoms with Gasteiger partial charge in [-0.2, -0.15) is 0 Å². The van der Waals surface area contributed by atoms with Gasteiger partial charge in [0.1, 0.15) is 0 Å². The van der Waals surface area contributed by atoms with E-state index in [1.807, 2.05) is 18.2 Å². The molecule has 1 unspecified atom stereocenters. The standard InChI is InChI=1S/C22H28N4O5/c1-29-20-8-5-17(11-21(20)30-2)13-24-22(25-14-18-9-10-31-15-18)23-12-16-3-6-19(7-4-16)26(27)28/h3-8,11,18H,9-10,12-15H2,1-2H3,(H2,23,24,25). The van der Waals surface area contributed by atoms with Crippen molar-refractivity contribution < 1.29 is 19.1 Å². The highest BCUT2D eigenvalue weighted by molar-refractivity contribution is 5.79. The minimum atomic E-state index is -0.404. The third kappa shape index (κ3) is 6.58. The van der Waals surface area contributed by atoms with E-state index in [0.717, 1.165) is 37.3 Å². The molecular formula is C22H28N4O5. The van der Waals surface area contributed by atoms with Crippen molar-refractivity contribution in [2.75, 3.05) is 34.0 Å². The number of methoxy groups -OCH3 is 2. The SMILES string of the molecule is COc1ccc(CN=C(NCc2ccc([N+](=O)[O-])cc2)NCC2CCOC2)cc1OC. The molecule has 2 aromatic rings. The van der Waals surface area contributed by atoms with Gasteiger partial charge in [0, 0.05) is 37.7 Å². The highest BCUT2D eigenvalue weighted by Crippen LogP contribution is 2.27. The molecular weight excluding hydrogens is 400 g/mol. The lowest BCUT2D eigenvalue weighted by molar-refractivity contribution is -0.384. The van der Waals surface area contributed by atoms with Gasteiger partial charge in [-0.1, -0.05) is 18.2 Å². The first kappa shape index (κ1) is 22.4. The summed E-state index contributed by atoms with van der Waals surface area (Å²) < 4.78 is 16.1. The summed E-state index contributed by atoms with van der Waals surface area (Å²) in [5.41, 5.74) is 1.99. The molecule has 2 N–H and O–H groups in total. The fraction of sp³-hybridized carbons (Fsp3) is 0.409. The molecule has 0 saturated carbocycles. The Morgan fingerprint density at radius 1 is 1.13 bits per heavy atom. The van der Waals surface area contributed by atoms with Crippen molar-refractivity contribution in [1.29, 1.82) is 0 Å². The van der Waals surface area contributed by atoms with E-state index in [2.05, 4.69) is 10.6 Å². The Morgan fingerprint density at radius 2 is 1.87 bits per heavy atom. The first-order chi connectivity index (χ1) is 15.1. The molecule has 9 nitrogen and oxygen atoms in total. The molecule has 0 bridgehead atoms. The van der Waals surface area contributed by atoms with Gasteiger partial charge in [-0.05, 0) is 29.7 Å². The van der Waals surface area contributed by atoms with Crippen molar-refractivity contribution in [3.05, 3.63) is 63.7 Å². The molecule has 166 valence electrons. The molecule has 9 heteroatoms. The number of rotatable bonds is 9. The van der Waals surface area contributed by atoms with Crippen molar-refractivity contribution in [3.8, 4) is 11.5 Å². The highest BCUT2D eigenvalue weighted by Gasteiger charge is 2.16. The summed E-state index contributed by atoms with van der Waals surface area (Å²) in [6, 6.07) is 12.2. The van der Waals surface area contributed by atoms with Crippen molar-refractivity contribution in [1.82, 2.24) is 10.6 Å². The monoisotopic (exact) mass is 428 g/mol. The third-order valence-electron chi connectivity index (χ3n) is 5.06. The van der Waals surface area contributed by atoms with Crippen molar-refractivity contribution in [3.63, 3.8) is 0 Å². The van der Waals surface area contributed by atoms with Gasteiger partial charge >= 0.3 is 0 Å². The minimum Gasteiger partial charge on any atom is -0.493 e. The number of nitro groups is 1. The van der Waals surface area contributed by atoms with Crippen molar-refractivity contribution in [2.45, 2.75) is 19.5 Å². The molecule has 0 aliphatic carbocycles. The molecule has 0 spiro atoms. The number of hydrogen-bond acceptors (Lipinski definition) is 6. The molecule has 1 aliphatic rings. The summed E-state index contributed by atoms with van der Waals surface area (Å²) >= 11 is 0. The van der Waals surface area contributed by atoms with E-state index in [1.165, 1.54) is 12.1 Å². The average molecular weight is 428 g/mol. The number of hydrogen-bond donors (Lipinski definition) is 2. The molecule has 1 atom stereocenters. The van der Waals surface area contributed by atoms with E-state index in [-0.39, 0.29) is 5.69 Å². The van der Waals surface area contributed by atoms with Crippen LogP contribution in [0.4, 0.5) is 5.69 Å². The molecule has 31 heavy (non-hydrogen) atoms. The predicted molar refractivity (Wildman–Crippen MR) is 118 cm³/mol. The van der Waals surface area contributed by atoms with Gasteiger partial charge in [0.25, 0.3) is 5.69 Å². The van der Waals surface area contributed by atoms with Crippen LogP contribution >= 0.6 is 0 Å². The number of ether oxygens (including phenoxy) is 3. The highest BCUT2D eigenvalue weighted by atomic mass is 16.6. The maximum atomic E-state index is 10.8. The average Bonchev–Trinajstić information content (AvgIpc) is 3.32. The Kier molecular flexibility index (Phi) is 8.05. The second-order valence-corrected chi connectivity index (χ2v) is 7.24. The van der Waals surface area contributed by atoms with Crippen LogP contribution in [0.1, 0.15) is 17.5 Å². The molecule has 1 heterocycles. The number of guanidine groups is 1. The van der Waals surface area contributed by atoms with Crippen LogP contribution in [-0.4, -0.2) is 44.9 Å². The van der Waals surface area contributed by atoms with Crippen LogP contribution in [0.5, 0.6) is 11.5 Å². The molecule has 2 aromatic carbocycles. The summed E-state index contributed by atoms with van der Waals surface area (Å²) in [5.74, 6) is 2.45. The lowest BCUT2D eigenvalue weighted by atomic mass is 10.1. The van der Waals surface area contributed by atoms with Crippen LogP contribution in [0.3, 0.4) is 0 Å².